The van der Waals surface area contributed by atoms with Gasteiger partial charge in [0.2, 0.25) is 5.91 Å². The van der Waals surface area contributed by atoms with E-state index in [1.165, 1.54) is 19.2 Å². The lowest BCUT2D eigenvalue weighted by molar-refractivity contribution is 0.1000. The predicted molar refractivity (Wildman–Crippen MR) is 80.0 cm³/mol. The summed E-state index contributed by atoms with van der Waals surface area (Å²) in [6.45, 7) is 0. The van der Waals surface area contributed by atoms with Gasteiger partial charge in [-0.15, -0.1) is 0 Å². The van der Waals surface area contributed by atoms with Crippen LogP contribution in [0.15, 0.2) is 24.4 Å². The number of anilines is 1. The average Bonchev–Trinajstić information content (AvgIpc) is 3.26. The van der Waals surface area contributed by atoms with E-state index in [0.717, 1.165) is 18.4 Å². The van der Waals surface area contributed by atoms with Gasteiger partial charge in [0.15, 0.2) is 0 Å². The Morgan fingerprint density at radius 3 is 2.82 bits per heavy atom. The molecule has 0 radical (unpaired) electrons. The Balaban J connectivity index is 1.89. The molecule has 1 saturated carbocycles. The molecule has 0 saturated heterocycles. The summed E-state index contributed by atoms with van der Waals surface area (Å²) in [6, 6.07) is 4.48. The molecule has 22 heavy (non-hydrogen) atoms. The molecule has 114 valence electrons. The SMILES string of the molecule is COc1ccc(C(N)=O)cc1C(=O)Nc1[nH]ncc1C1CC1. The zero-order chi connectivity index (χ0) is 15.7. The lowest BCUT2D eigenvalue weighted by Gasteiger charge is -2.10. The smallest absolute Gasteiger partial charge is 0.260 e. The van der Waals surface area contributed by atoms with Crippen LogP contribution in [0.2, 0.25) is 0 Å². The van der Waals surface area contributed by atoms with Gasteiger partial charge in [-0.2, -0.15) is 5.10 Å². The number of hydrogen-bond donors (Lipinski definition) is 3. The second kappa shape index (κ2) is 5.51. The molecule has 0 bridgehead atoms. The number of benzene rings is 1. The number of nitrogens with one attached hydrogen (secondary N) is 2. The van der Waals surface area contributed by atoms with Gasteiger partial charge < -0.3 is 15.8 Å². The molecule has 0 atom stereocenters. The van der Waals surface area contributed by atoms with E-state index in [2.05, 4.69) is 15.5 Å². The lowest BCUT2D eigenvalue weighted by atomic mass is 10.1. The van der Waals surface area contributed by atoms with Gasteiger partial charge in [-0.3, -0.25) is 14.7 Å². The third kappa shape index (κ3) is 2.65. The summed E-state index contributed by atoms with van der Waals surface area (Å²) in [5, 5.41) is 9.54. The van der Waals surface area contributed by atoms with Crippen molar-refractivity contribution < 1.29 is 14.3 Å². The van der Waals surface area contributed by atoms with E-state index in [9.17, 15) is 9.59 Å². The van der Waals surface area contributed by atoms with Gasteiger partial charge in [-0.05, 0) is 37.0 Å². The number of aromatic amines is 1. The summed E-state index contributed by atoms with van der Waals surface area (Å²) in [6.07, 6.45) is 3.93. The number of nitrogens with zero attached hydrogens (tertiary/aromatic N) is 1. The number of hydrogen-bond acceptors (Lipinski definition) is 4. The molecule has 1 aromatic heterocycles. The summed E-state index contributed by atoms with van der Waals surface area (Å²) in [7, 11) is 1.46. The molecular formula is C15H16N4O3. The number of methoxy groups -OCH3 is 1. The van der Waals surface area contributed by atoms with E-state index in [0.29, 0.717) is 17.5 Å². The van der Waals surface area contributed by atoms with Crippen LogP contribution in [0.5, 0.6) is 5.75 Å². The number of rotatable bonds is 5. The number of carbonyl (C=O) groups excluding carboxylic acids is 2. The van der Waals surface area contributed by atoms with Gasteiger partial charge in [0, 0.05) is 11.1 Å². The Morgan fingerprint density at radius 2 is 2.18 bits per heavy atom. The summed E-state index contributed by atoms with van der Waals surface area (Å²) >= 11 is 0. The molecule has 4 N–H and O–H groups in total. The van der Waals surface area contributed by atoms with Crippen LogP contribution in [-0.2, 0) is 0 Å². The molecule has 0 aliphatic heterocycles. The number of aromatic nitrogens is 2. The maximum atomic E-state index is 12.5. The van der Waals surface area contributed by atoms with Crippen molar-refractivity contribution >= 4 is 17.6 Å². The summed E-state index contributed by atoms with van der Waals surface area (Å²) in [5.41, 5.74) is 6.75. The van der Waals surface area contributed by atoms with Crippen molar-refractivity contribution in [3.8, 4) is 5.75 Å². The van der Waals surface area contributed by atoms with Crippen molar-refractivity contribution in [3.63, 3.8) is 0 Å². The van der Waals surface area contributed by atoms with Crippen LogP contribution in [0.3, 0.4) is 0 Å². The predicted octanol–water partition coefficient (Wildman–Crippen LogP) is 1.65. The molecule has 2 aromatic rings. The zero-order valence-corrected chi connectivity index (χ0v) is 12.1. The van der Waals surface area contributed by atoms with E-state index in [-0.39, 0.29) is 17.0 Å². The van der Waals surface area contributed by atoms with Gasteiger partial charge >= 0.3 is 0 Å². The standard InChI is InChI=1S/C15H16N4O3/c1-22-12-5-4-9(13(16)20)6-10(12)15(21)18-14-11(7-17-19-14)8-2-3-8/h4-8H,2-3H2,1H3,(H2,16,20)(H2,17,18,19,21). The molecule has 7 nitrogen and oxygen atoms in total. The quantitative estimate of drug-likeness (QED) is 0.779. The van der Waals surface area contributed by atoms with Gasteiger partial charge in [-0.1, -0.05) is 0 Å². The van der Waals surface area contributed by atoms with Crippen LogP contribution in [0, 0.1) is 0 Å². The molecule has 0 unspecified atom stereocenters. The van der Waals surface area contributed by atoms with Gasteiger partial charge in [0.25, 0.3) is 5.91 Å². The third-order valence-electron chi connectivity index (χ3n) is 3.65. The molecule has 2 amide bonds. The first kappa shape index (κ1) is 14.1. The van der Waals surface area contributed by atoms with Gasteiger partial charge in [0.1, 0.15) is 11.6 Å². The fourth-order valence-electron chi connectivity index (χ4n) is 2.32. The fraction of sp³-hybridized carbons (Fsp3) is 0.267. The second-order valence-corrected chi connectivity index (χ2v) is 5.21. The van der Waals surface area contributed by atoms with Gasteiger partial charge in [-0.25, -0.2) is 0 Å². The average molecular weight is 300 g/mol. The van der Waals surface area contributed by atoms with Crippen LogP contribution >= 0.6 is 0 Å². The third-order valence-corrected chi connectivity index (χ3v) is 3.65. The maximum Gasteiger partial charge on any atom is 0.260 e. The molecule has 1 aromatic carbocycles. The van der Waals surface area contributed by atoms with E-state index < -0.39 is 5.91 Å². The van der Waals surface area contributed by atoms with Crippen molar-refractivity contribution in [2.45, 2.75) is 18.8 Å². The van der Waals surface area contributed by atoms with E-state index in [1.54, 1.807) is 12.3 Å². The van der Waals surface area contributed by atoms with Gasteiger partial charge in [0.05, 0.1) is 18.9 Å². The van der Waals surface area contributed by atoms with Crippen molar-refractivity contribution in [1.82, 2.24) is 10.2 Å². The first-order valence-electron chi connectivity index (χ1n) is 6.92. The molecular weight excluding hydrogens is 284 g/mol. The van der Waals surface area contributed by atoms with Crippen LogP contribution < -0.4 is 15.8 Å². The molecule has 3 rings (SSSR count). The van der Waals surface area contributed by atoms with Crippen LogP contribution in [0.4, 0.5) is 5.82 Å². The molecule has 1 heterocycles. The molecule has 1 aliphatic rings. The van der Waals surface area contributed by atoms with Crippen LogP contribution in [0.1, 0.15) is 45.0 Å². The minimum atomic E-state index is -0.600. The minimum Gasteiger partial charge on any atom is -0.496 e. The number of primary amides is 1. The van der Waals surface area contributed by atoms with Crippen LogP contribution in [0.25, 0.3) is 0 Å². The Hall–Kier alpha value is -2.83. The Morgan fingerprint density at radius 1 is 1.41 bits per heavy atom. The highest BCUT2D eigenvalue weighted by molar-refractivity contribution is 6.07. The highest BCUT2D eigenvalue weighted by Crippen LogP contribution is 2.42. The number of nitrogens with two attached hydrogens (primary N) is 1. The normalized spacial score (nSPS) is 13.7. The van der Waals surface area contributed by atoms with Crippen LogP contribution in [-0.4, -0.2) is 29.1 Å². The van der Waals surface area contributed by atoms with Crippen molar-refractivity contribution in [2.24, 2.45) is 5.73 Å². The highest BCUT2D eigenvalue weighted by Gasteiger charge is 2.28. The molecule has 1 aliphatic carbocycles. The first-order valence-corrected chi connectivity index (χ1v) is 6.92. The molecule has 0 spiro atoms. The monoisotopic (exact) mass is 300 g/mol. The Bertz CT molecular complexity index is 734. The Kier molecular flexibility index (Phi) is 3.54. The topological polar surface area (TPSA) is 110 Å². The van der Waals surface area contributed by atoms with Crippen molar-refractivity contribution in [3.05, 3.63) is 41.1 Å². The number of amides is 2. The summed E-state index contributed by atoms with van der Waals surface area (Å²) < 4.78 is 5.17. The summed E-state index contributed by atoms with van der Waals surface area (Å²) in [5.74, 6) is 0.421. The minimum absolute atomic E-state index is 0.246. The number of ether oxygens (including phenoxy) is 1. The first-order chi connectivity index (χ1) is 10.6. The lowest BCUT2D eigenvalue weighted by Crippen LogP contribution is -2.17. The van der Waals surface area contributed by atoms with E-state index >= 15 is 0 Å². The van der Waals surface area contributed by atoms with Crippen molar-refractivity contribution in [2.75, 3.05) is 12.4 Å². The number of carbonyl (C=O) groups is 2. The molecule has 7 heteroatoms. The molecule has 1 fully saturated rings. The largest absolute Gasteiger partial charge is 0.496 e. The second-order valence-electron chi connectivity index (χ2n) is 5.21. The maximum absolute atomic E-state index is 12.5. The van der Waals surface area contributed by atoms with E-state index in [4.69, 9.17) is 10.5 Å². The number of H-pyrrole nitrogens is 1. The highest BCUT2D eigenvalue weighted by atomic mass is 16.5. The van der Waals surface area contributed by atoms with Crippen molar-refractivity contribution in [1.29, 1.82) is 0 Å². The zero-order valence-electron chi connectivity index (χ0n) is 12.1. The fourth-order valence-corrected chi connectivity index (χ4v) is 2.32. The Labute approximate surface area is 126 Å². The van der Waals surface area contributed by atoms with E-state index in [1.807, 2.05) is 0 Å². The summed E-state index contributed by atoms with van der Waals surface area (Å²) in [4.78, 5) is 23.7.